The van der Waals surface area contributed by atoms with Crippen LogP contribution in [0.5, 0.6) is 5.75 Å². The minimum atomic E-state index is 0.496. The van der Waals surface area contributed by atoms with E-state index in [9.17, 15) is 0 Å². The quantitative estimate of drug-likeness (QED) is 0.766. The zero-order valence-corrected chi connectivity index (χ0v) is 16.4. The van der Waals surface area contributed by atoms with Gasteiger partial charge in [-0.3, -0.25) is 4.90 Å². The van der Waals surface area contributed by atoms with Gasteiger partial charge in [-0.15, -0.1) is 0 Å². The molecule has 2 aliphatic rings. The Balaban J connectivity index is 1.41. The topological polar surface area (TPSA) is 37.4 Å². The number of likely N-dealkylation sites (tertiary alicyclic amines) is 1. The maximum Gasteiger partial charge on any atom is 0.126 e. The van der Waals surface area contributed by atoms with Crippen molar-refractivity contribution < 1.29 is 4.74 Å². The molecule has 4 rings (SSSR count). The van der Waals surface area contributed by atoms with Crippen LogP contribution in [0.4, 0.5) is 5.82 Å². The molecule has 0 spiro atoms. The Labute approximate surface area is 162 Å². The molecule has 1 saturated heterocycles. The van der Waals surface area contributed by atoms with Gasteiger partial charge in [0.15, 0.2) is 0 Å². The van der Waals surface area contributed by atoms with Crippen molar-refractivity contribution in [3.8, 4) is 5.75 Å². The highest BCUT2D eigenvalue weighted by Gasteiger charge is 2.33. The van der Waals surface area contributed by atoms with Gasteiger partial charge in [-0.2, -0.15) is 0 Å². The number of nitrogens with zero attached hydrogens (tertiary/aromatic N) is 2. The van der Waals surface area contributed by atoms with Crippen LogP contribution in [-0.2, 0) is 6.54 Å². The number of methoxy groups -OCH3 is 1. The Morgan fingerprint density at radius 2 is 1.81 bits per heavy atom. The smallest absolute Gasteiger partial charge is 0.126 e. The van der Waals surface area contributed by atoms with Gasteiger partial charge < -0.3 is 10.1 Å². The van der Waals surface area contributed by atoms with Crippen molar-refractivity contribution in [2.24, 2.45) is 0 Å². The zero-order chi connectivity index (χ0) is 18.5. The Morgan fingerprint density at radius 1 is 1.00 bits per heavy atom. The predicted molar refractivity (Wildman–Crippen MR) is 110 cm³/mol. The molecule has 1 aliphatic carbocycles. The summed E-state index contributed by atoms with van der Waals surface area (Å²) in [5.41, 5.74) is 2.46. The standard InChI is InChI=1S/C23H31N3O/c1-27-20-14-12-18(13-15-20)17-24-23-11-5-9-21(25-23)22-10-6-16-26(22)19-7-3-2-4-8-19/h5,9,11-15,19,22H,2-4,6-8,10,16-17H2,1H3,(H,24,25)/t22-/m1/s1. The number of ether oxygens (including phenoxy) is 1. The molecule has 2 fully saturated rings. The second-order valence-corrected chi connectivity index (χ2v) is 7.84. The van der Waals surface area contributed by atoms with E-state index in [1.165, 1.54) is 62.7 Å². The molecule has 0 unspecified atom stereocenters. The van der Waals surface area contributed by atoms with Crippen LogP contribution in [0.2, 0.25) is 0 Å². The van der Waals surface area contributed by atoms with Crippen LogP contribution in [0.1, 0.15) is 62.2 Å². The lowest BCUT2D eigenvalue weighted by atomic mass is 9.93. The summed E-state index contributed by atoms with van der Waals surface area (Å²) in [6.07, 6.45) is 9.48. The second kappa shape index (κ2) is 8.75. The highest BCUT2D eigenvalue weighted by molar-refractivity contribution is 5.38. The minimum Gasteiger partial charge on any atom is -0.497 e. The highest BCUT2D eigenvalue weighted by Crippen LogP contribution is 2.37. The number of benzene rings is 1. The third kappa shape index (κ3) is 4.44. The molecule has 144 valence electrons. The van der Waals surface area contributed by atoms with Crippen molar-refractivity contribution in [2.75, 3.05) is 19.0 Å². The fourth-order valence-corrected chi connectivity index (χ4v) is 4.63. The third-order valence-corrected chi connectivity index (χ3v) is 6.08. The van der Waals surface area contributed by atoms with Gasteiger partial charge in [0, 0.05) is 12.6 Å². The first kappa shape index (κ1) is 18.3. The van der Waals surface area contributed by atoms with Gasteiger partial charge in [0.1, 0.15) is 11.6 Å². The molecule has 1 aromatic carbocycles. The lowest BCUT2D eigenvalue weighted by molar-refractivity contribution is 0.140. The molecule has 1 N–H and O–H groups in total. The fourth-order valence-electron chi connectivity index (χ4n) is 4.63. The maximum atomic E-state index is 5.23. The Bertz CT molecular complexity index is 725. The molecule has 27 heavy (non-hydrogen) atoms. The molecule has 4 heteroatoms. The number of hydrogen-bond donors (Lipinski definition) is 1. The summed E-state index contributed by atoms with van der Waals surface area (Å²) >= 11 is 0. The lowest BCUT2D eigenvalue weighted by Crippen LogP contribution is -2.36. The summed E-state index contributed by atoms with van der Waals surface area (Å²) < 4.78 is 5.23. The molecule has 0 bridgehead atoms. The van der Waals surface area contributed by atoms with Crippen molar-refractivity contribution in [3.63, 3.8) is 0 Å². The third-order valence-electron chi connectivity index (χ3n) is 6.08. The van der Waals surface area contributed by atoms with E-state index in [1.54, 1.807) is 7.11 Å². The van der Waals surface area contributed by atoms with Crippen LogP contribution < -0.4 is 10.1 Å². The Hall–Kier alpha value is -2.07. The summed E-state index contributed by atoms with van der Waals surface area (Å²) in [5.74, 6) is 1.86. The normalized spacial score (nSPS) is 21.3. The van der Waals surface area contributed by atoms with E-state index in [4.69, 9.17) is 9.72 Å². The predicted octanol–water partition coefficient (Wildman–Crippen LogP) is 5.17. The van der Waals surface area contributed by atoms with Crippen LogP contribution in [0.3, 0.4) is 0 Å². The van der Waals surface area contributed by atoms with E-state index in [0.29, 0.717) is 6.04 Å². The summed E-state index contributed by atoms with van der Waals surface area (Å²) in [5, 5.41) is 3.49. The summed E-state index contributed by atoms with van der Waals surface area (Å²) in [4.78, 5) is 7.72. The van der Waals surface area contributed by atoms with Crippen LogP contribution in [-0.4, -0.2) is 29.6 Å². The Kier molecular flexibility index (Phi) is 5.93. The molecule has 1 saturated carbocycles. The second-order valence-electron chi connectivity index (χ2n) is 7.84. The van der Waals surface area contributed by atoms with Crippen LogP contribution in [0.15, 0.2) is 42.5 Å². The van der Waals surface area contributed by atoms with Crippen molar-refractivity contribution in [1.29, 1.82) is 0 Å². The molecular formula is C23H31N3O. The molecule has 0 radical (unpaired) electrons. The van der Waals surface area contributed by atoms with Crippen LogP contribution in [0.25, 0.3) is 0 Å². The number of aromatic nitrogens is 1. The van der Waals surface area contributed by atoms with E-state index in [1.807, 2.05) is 12.1 Å². The maximum absolute atomic E-state index is 5.23. The number of rotatable bonds is 6. The van der Waals surface area contributed by atoms with E-state index in [-0.39, 0.29) is 0 Å². The molecule has 1 aliphatic heterocycles. The summed E-state index contributed by atoms with van der Waals surface area (Å²) in [6.45, 7) is 2.01. The highest BCUT2D eigenvalue weighted by atomic mass is 16.5. The Morgan fingerprint density at radius 3 is 2.59 bits per heavy atom. The average molecular weight is 366 g/mol. The molecular weight excluding hydrogens is 334 g/mol. The van der Waals surface area contributed by atoms with Crippen molar-refractivity contribution >= 4 is 5.82 Å². The van der Waals surface area contributed by atoms with Gasteiger partial charge in [0.25, 0.3) is 0 Å². The van der Waals surface area contributed by atoms with Gasteiger partial charge in [-0.05, 0) is 62.1 Å². The number of nitrogens with one attached hydrogen (secondary N) is 1. The van der Waals surface area contributed by atoms with Crippen molar-refractivity contribution in [3.05, 3.63) is 53.7 Å². The SMILES string of the molecule is COc1ccc(CNc2cccc([C@H]3CCCN3C3CCCCC3)n2)cc1. The van der Waals surface area contributed by atoms with Gasteiger partial charge in [-0.25, -0.2) is 4.98 Å². The lowest BCUT2D eigenvalue weighted by Gasteiger charge is -2.35. The van der Waals surface area contributed by atoms with Crippen molar-refractivity contribution in [1.82, 2.24) is 9.88 Å². The first-order chi connectivity index (χ1) is 13.3. The molecule has 0 amide bonds. The molecule has 1 atom stereocenters. The summed E-state index contributed by atoms with van der Waals surface area (Å²) in [7, 11) is 1.70. The average Bonchev–Trinajstić information content (AvgIpc) is 3.23. The van der Waals surface area contributed by atoms with Gasteiger partial charge in [0.05, 0.1) is 18.8 Å². The number of anilines is 1. The summed E-state index contributed by atoms with van der Waals surface area (Å²) in [6, 6.07) is 15.9. The van der Waals surface area contributed by atoms with E-state index >= 15 is 0 Å². The first-order valence-corrected chi connectivity index (χ1v) is 10.4. The largest absolute Gasteiger partial charge is 0.497 e. The van der Waals surface area contributed by atoms with Crippen molar-refractivity contribution in [2.45, 2.75) is 63.6 Å². The molecule has 2 aromatic rings. The zero-order valence-electron chi connectivity index (χ0n) is 16.4. The number of hydrogen-bond acceptors (Lipinski definition) is 4. The van der Waals surface area contributed by atoms with Gasteiger partial charge in [-0.1, -0.05) is 37.5 Å². The van der Waals surface area contributed by atoms with Crippen LogP contribution in [0, 0.1) is 0 Å². The van der Waals surface area contributed by atoms with E-state index in [0.717, 1.165) is 24.2 Å². The number of pyridine rings is 1. The van der Waals surface area contributed by atoms with E-state index in [2.05, 4.69) is 40.5 Å². The van der Waals surface area contributed by atoms with Crippen LogP contribution >= 0.6 is 0 Å². The fraction of sp³-hybridized carbons (Fsp3) is 0.522. The van der Waals surface area contributed by atoms with E-state index < -0.39 is 0 Å². The first-order valence-electron chi connectivity index (χ1n) is 10.4. The minimum absolute atomic E-state index is 0.496. The molecule has 1 aromatic heterocycles. The monoisotopic (exact) mass is 365 g/mol. The van der Waals surface area contributed by atoms with Gasteiger partial charge in [0.2, 0.25) is 0 Å². The molecule has 2 heterocycles. The van der Waals surface area contributed by atoms with Gasteiger partial charge >= 0.3 is 0 Å². The molecule has 4 nitrogen and oxygen atoms in total.